The van der Waals surface area contributed by atoms with Crippen LogP contribution in [-0.2, 0) is 17.9 Å². The van der Waals surface area contributed by atoms with Gasteiger partial charge in [0.15, 0.2) is 5.96 Å². The van der Waals surface area contributed by atoms with Gasteiger partial charge in [0.25, 0.3) is 0 Å². The van der Waals surface area contributed by atoms with Crippen molar-refractivity contribution in [2.45, 2.75) is 72.5 Å². The summed E-state index contributed by atoms with van der Waals surface area (Å²) in [6.07, 6.45) is 4.05. The fraction of sp³-hybridized carbons (Fsp3) is 0.636. The number of hydrogen-bond acceptors (Lipinski definition) is 2. The SMILES string of the molecule is CCNC(=NCc1ccc(CN2CCCC2=O)cc1)NC(C)CCC(C)C.I. The highest BCUT2D eigenvalue weighted by Gasteiger charge is 2.19. The molecule has 1 heterocycles. The molecule has 28 heavy (non-hydrogen) atoms. The molecule has 6 heteroatoms. The van der Waals surface area contributed by atoms with Gasteiger partial charge in [-0.25, -0.2) is 4.99 Å². The zero-order valence-corrected chi connectivity index (χ0v) is 20.2. The van der Waals surface area contributed by atoms with Crippen molar-refractivity contribution in [3.8, 4) is 0 Å². The summed E-state index contributed by atoms with van der Waals surface area (Å²) in [5.74, 6) is 1.88. The third kappa shape index (κ3) is 8.80. The van der Waals surface area contributed by atoms with Gasteiger partial charge >= 0.3 is 0 Å². The predicted molar refractivity (Wildman–Crippen MR) is 128 cm³/mol. The molecular formula is C22H37IN4O. The van der Waals surface area contributed by atoms with Crippen molar-refractivity contribution in [3.05, 3.63) is 35.4 Å². The van der Waals surface area contributed by atoms with Gasteiger partial charge in [-0.15, -0.1) is 24.0 Å². The molecule has 1 fully saturated rings. The van der Waals surface area contributed by atoms with E-state index < -0.39 is 0 Å². The Morgan fingerprint density at radius 3 is 2.39 bits per heavy atom. The van der Waals surface area contributed by atoms with Gasteiger partial charge in [-0.2, -0.15) is 0 Å². The minimum atomic E-state index is 0. The molecule has 0 spiro atoms. The monoisotopic (exact) mass is 500 g/mol. The van der Waals surface area contributed by atoms with E-state index in [1.165, 1.54) is 17.5 Å². The molecule has 1 atom stereocenters. The van der Waals surface area contributed by atoms with Gasteiger partial charge in [-0.3, -0.25) is 4.79 Å². The number of carbonyl (C=O) groups is 1. The molecule has 158 valence electrons. The normalized spacial score (nSPS) is 15.5. The lowest BCUT2D eigenvalue weighted by Gasteiger charge is -2.18. The molecule has 1 aliphatic heterocycles. The smallest absolute Gasteiger partial charge is 0.222 e. The first-order valence-corrected chi connectivity index (χ1v) is 10.4. The van der Waals surface area contributed by atoms with E-state index in [2.05, 4.69) is 62.6 Å². The van der Waals surface area contributed by atoms with Crippen molar-refractivity contribution in [2.24, 2.45) is 10.9 Å². The lowest BCUT2D eigenvalue weighted by Crippen LogP contribution is -2.42. The largest absolute Gasteiger partial charge is 0.357 e. The molecule has 1 aliphatic rings. The van der Waals surface area contributed by atoms with E-state index in [1.807, 2.05) is 4.90 Å². The van der Waals surface area contributed by atoms with Gasteiger partial charge in [0.05, 0.1) is 6.54 Å². The average molecular weight is 500 g/mol. The lowest BCUT2D eigenvalue weighted by molar-refractivity contribution is -0.128. The van der Waals surface area contributed by atoms with Crippen LogP contribution in [-0.4, -0.2) is 35.9 Å². The Morgan fingerprint density at radius 1 is 1.14 bits per heavy atom. The molecule has 0 radical (unpaired) electrons. The topological polar surface area (TPSA) is 56.7 Å². The number of rotatable bonds is 9. The van der Waals surface area contributed by atoms with Gasteiger partial charge in [0.1, 0.15) is 0 Å². The lowest BCUT2D eigenvalue weighted by atomic mass is 10.0. The summed E-state index contributed by atoms with van der Waals surface area (Å²) in [6, 6.07) is 8.87. The van der Waals surface area contributed by atoms with Crippen LogP contribution in [0.3, 0.4) is 0 Å². The number of benzene rings is 1. The average Bonchev–Trinajstić information content (AvgIpc) is 3.04. The maximum atomic E-state index is 11.8. The molecule has 2 rings (SSSR count). The molecule has 1 aromatic rings. The molecule has 0 bridgehead atoms. The molecule has 0 aliphatic carbocycles. The van der Waals surface area contributed by atoms with Crippen LogP contribution in [0.4, 0.5) is 0 Å². The second-order valence-corrected chi connectivity index (χ2v) is 7.95. The number of aliphatic imine (C=N–C) groups is 1. The molecule has 2 N–H and O–H groups in total. The quantitative estimate of drug-likeness (QED) is 0.302. The molecule has 0 aromatic heterocycles. The van der Waals surface area contributed by atoms with Crippen molar-refractivity contribution in [2.75, 3.05) is 13.1 Å². The maximum Gasteiger partial charge on any atom is 0.222 e. The second kappa shape index (κ2) is 13.0. The maximum absolute atomic E-state index is 11.8. The molecular weight excluding hydrogens is 463 g/mol. The molecule has 0 saturated carbocycles. The van der Waals surface area contributed by atoms with E-state index in [1.54, 1.807) is 0 Å². The summed E-state index contributed by atoms with van der Waals surface area (Å²) in [7, 11) is 0. The van der Waals surface area contributed by atoms with E-state index in [0.717, 1.165) is 44.4 Å². The first-order chi connectivity index (χ1) is 13.0. The van der Waals surface area contributed by atoms with Crippen molar-refractivity contribution >= 4 is 35.8 Å². The molecule has 5 nitrogen and oxygen atoms in total. The summed E-state index contributed by atoms with van der Waals surface area (Å²) >= 11 is 0. The Morgan fingerprint density at radius 2 is 1.82 bits per heavy atom. The number of likely N-dealkylation sites (tertiary alicyclic amines) is 1. The van der Waals surface area contributed by atoms with Gasteiger partial charge < -0.3 is 15.5 Å². The standard InChI is InChI=1S/C22H36N4O.HI/c1-5-23-22(25-18(4)9-8-17(2)3)24-15-19-10-12-20(13-11-19)16-26-14-6-7-21(26)27;/h10-13,17-18H,5-9,14-16H2,1-4H3,(H2,23,24,25);1H. The second-order valence-electron chi connectivity index (χ2n) is 7.95. The third-order valence-corrected chi connectivity index (χ3v) is 4.89. The van der Waals surface area contributed by atoms with Gasteiger partial charge in [-0.1, -0.05) is 38.1 Å². The Balaban J connectivity index is 0.00000392. The van der Waals surface area contributed by atoms with E-state index in [9.17, 15) is 4.79 Å². The van der Waals surface area contributed by atoms with E-state index in [0.29, 0.717) is 19.0 Å². The summed E-state index contributed by atoms with van der Waals surface area (Å²) in [6.45, 7) is 11.9. The fourth-order valence-electron chi connectivity index (χ4n) is 3.22. The van der Waals surface area contributed by atoms with Gasteiger partial charge in [0, 0.05) is 32.1 Å². The number of nitrogens with zero attached hydrogens (tertiary/aromatic N) is 2. The van der Waals surface area contributed by atoms with E-state index in [4.69, 9.17) is 4.99 Å². The summed E-state index contributed by atoms with van der Waals surface area (Å²) in [5.41, 5.74) is 2.36. The first kappa shape index (κ1) is 24.7. The zero-order chi connectivity index (χ0) is 19.6. The molecule has 1 amide bonds. The van der Waals surface area contributed by atoms with E-state index >= 15 is 0 Å². The van der Waals surface area contributed by atoms with Crippen LogP contribution < -0.4 is 10.6 Å². The van der Waals surface area contributed by atoms with Crippen molar-refractivity contribution in [1.29, 1.82) is 0 Å². The summed E-state index contributed by atoms with van der Waals surface area (Å²) in [4.78, 5) is 18.4. The zero-order valence-electron chi connectivity index (χ0n) is 17.8. The van der Waals surface area contributed by atoms with Crippen LogP contribution in [0.25, 0.3) is 0 Å². The number of carbonyl (C=O) groups excluding carboxylic acids is 1. The third-order valence-electron chi connectivity index (χ3n) is 4.89. The van der Waals surface area contributed by atoms with Crippen molar-refractivity contribution < 1.29 is 4.79 Å². The Labute approximate surface area is 187 Å². The van der Waals surface area contributed by atoms with Crippen molar-refractivity contribution in [3.63, 3.8) is 0 Å². The van der Waals surface area contributed by atoms with Crippen LogP contribution in [0.15, 0.2) is 29.3 Å². The highest BCUT2D eigenvalue weighted by Crippen LogP contribution is 2.15. The number of halogens is 1. The molecule has 1 unspecified atom stereocenters. The van der Waals surface area contributed by atoms with Crippen LogP contribution in [0, 0.1) is 5.92 Å². The number of hydrogen-bond donors (Lipinski definition) is 2. The van der Waals surface area contributed by atoms with Crippen LogP contribution in [0.5, 0.6) is 0 Å². The number of guanidine groups is 1. The van der Waals surface area contributed by atoms with Crippen LogP contribution >= 0.6 is 24.0 Å². The Bertz CT molecular complexity index is 615. The van der Waals surface area contributed by atoms with Crippen molar-refractivity contribution in [1.82, 2.24) is 15.5 Å². The predicted octanol–water partition coefficient (Wildman–Crippen LogP) is 4.31. The molecule has 1 saturated heterocycles. The first-order valence-electron chi connectivity index (χ1n) is 10.4. The number of nitrogens with one attached hydrogen (secondary N) is 2. The summed E-state index contributed by atoms with van der Waals surface area (Å²) in [5, 5.41) is 6.83. The van der Waals surface area contributed by atoms with E-state index in [-0.39, 0.29) is 29.9 Å². The van der Waals surface area contributed by atoms with Crippen LogP contribution in [0.1, 0.15) is 64.5 Å². The fourth-order valence-corrected chi connectivity index (χ4v) is 3.22. The minimum absolute atomic E-state index is 0. The molecule has 1 aromatic carbocycles. The Kier molecular flexibility index (Phi) is 11.5. The summed E-state index contributed by atoms with van der Waals surface area (Å²) < 4.78 is 0. The number of amides is 1. The van der Waals surface area contributed by atoms with Crippen LogP contribution in [0.2, 0.25) is 0 Å². The highest BCUT2D eigenvalue weighted by molar-refractivity contribution is 14.0. The Hall–Kier alpha value is -1.31. The highest BCUT2D eigenvalue weighted by atomic mass is 127. The van der Waals surface area contributed by atoms with Gasteiger partial charge in [-0.05, 0) is 50.2 Å². The minimum Gasteiger partial charge on any atom is -0.357 e. The van der Waals surface area contributed by atoms with Gasteiger partial charge in [0.2, 0.25) is 5.91 Å².